The van der Waals surface area contributed by atoms with Crippen LogP contribution in [-0.2, 0) is 0 Å². The Balaban J connectivity index is 2.46. The van der Waals surface area contributed by atoms with E-state index in [2.05, 4.69) is 12.2 Å². The minimum atomic E-state index is -0.667. The van der Waals surface area contributed by atoms with Crippen LogP contribution in [0.5, 0.6) is 0 Å². The molecule has 0 aliphatic heterocycles. The molecule has 0 bridgehead atoms. The summed E-state index contributed by atoms with van der Waals surface area (Å²) in [5, 5.41) is 13.4. The van der Waals surface area contributed by atoms with Gasteiger partial charge in [-0.1, -0.05) is 6.92 Å². The van der Waals surface area contributed by atoms with Crippen LogP contribution < -0.4 is 5.32 Å². The van der Waals surface area contributed by atoms with Gasteiger partial charge in [0.15, 0.2) is 0 Å². The monoisotopic (exact) mass is 243 g/mol. The van der Waals surface area contributed by atoms with Crippen LogP contribution in [0.1, 0.15) is 32.1 Å². The van der Waals surface area contributed by atoms with E-state index >= 15 is 0 Å². The van der Waals surface area contributed by atoms with Gasteiger partial charge < -0.3 is 14.8 Å². The van der Waals surface area contributed by atoms with Gasteiger partial charge in [0.05, 0.1) is 17.9 Å². The van der Waals surface area contributed by atoms with Crippen molar-refractivity contribution in [2.45, 2.75) is 31.9 Å². The first-order chi connectivity index (χ1) is 7.59. The summed E-state index contributed by atoms with van der Waals surface area (Å²) in [6.07, 6.45) is 4.63. The van der Waals surface area contributed by atoms with E-state index in [1.54, 1.807) is 18.0 Å². The molecule has 0 amide bonds. The lowest BCUT2D eigenvalue weighted by Crippen LogP contribution is -2.41. The Morgan fingerprint density at radius 2 is 2.38 bits per heavy atom. The first-order valence-corrected chi connectivity index (χ1v) is 6.96. The molecule has 0 fully saturated rings. The molecule has 92 valence electrons. The fraction of sp³-hybridized carbons (Fsp3) is 0.667. The summed E-state index contributed by atoms with van der Waals surface area (Å²) in [5.41, 5.74) is -0.667. The Morgan fingerprint density at radius 1 is 1.62 bits per heavy atom. The maximum Gasteiger partial charge on any atom is 0.120 e. The summed E-state index contributed by atoms with van der Waals surface area (Å²) in [6, 6.07) is 4.03. The Labute approximate surface area is 102 Å². The number of rotatable bonds is 7. The van der Waals surface area contributed by atoms with Crippen molar-refractivity contribution in [2.24, 2.45) is 0 Å². The van der Waals surface area contributed by atoms with E-state index in [-0.39, 0.29) is 6.04 Å². The first kappa shape index (κ1) is 13.6. The highest BCUT2D eigenvalue weighted by Crippen LogP contribution is 2.18. The number of hydrogen-bond donors (Lipinski definition) is 2. The van der Waals surface area contributed by atoms with Crippen LogP contribution in [0.25, 0.3) is 0 Å². The van der Waals surface area contributed by atoms with Crippen molar-refractivity contribution in [2.75, 3.05) is 18.6 Å². The van der Waals surface area contributed by atoms with Gasteiger partial charge in [0.1, 0.15) is 5.76 Å². The second kappa shape index (κ2) is 6.33. The molecule has 0 spiro atoms. The van der Waals surface area contributed by atoms with Gasteiger partial charge in [0.25, 0.3) is 0 Å². The largest absolute Gasteiger partial charge is 0.468 e. The Hall–Kier alpha value is -0.450. The highest BCUT2D eigenvalue weighted by molar-refractivity contribution is 7.98. The second-order valence-electron chi connectivity index (χ2n) is 4.29. The molecule has 1 aromatic rings. The van der Waals surface area contributed by atoms with Crippen molar-refractivity contribution >= 4 is 11.8 Å². The summed E-state index contributed by atoms with van der Waals surface area (Å²) in [7, 11) is 0. The van der Waals surface area contributed by atoms with Crippen molar-refractivity contribution in [1.29, 1.82) is 0 Å². The average molecular weight is 243 g/mol. The van der Waals surface area contributed by atoms with E-state index in [4.69, 9.17) is 4.42 Å². The molecule has 0 aliphatic rings. The average Bonchev–Trinajstić information content (AvgIpc) is 2.72. The van der Waals surface area contributed by atoms with Crippen molar-refractivity contribution in [1.82, 2.24) is 5.32 Å². The van der Waals surface area contributed by atoms with E-state index in [1.165, 1.54) is 0 Å². The molecule has 0 saturated carbocycles. The third-order valence-electron chi connectivity index (χ3n) is 2.48. The van der Waals surface area contributed by atoms with Crippen molar-refractivity contribution in [3.8, 4) is 0 Å². The fourth-order valence-electron chi connectivity index (χ4n) is 1.64. The van der Waals surface area contributed by atoms with Gasteiger partial charge in [-0.15, -0.1) is 0 Å². The van der Waals surface area contributed by atoms with Crippen LogP contribution in [-0.4, -0.2) is 29.3 Å². The van der Waals surface area contributed by atoms with Crippen LogP contribution in [0.3, 0.4) is 0 Å². The molecule has 0 saturated heterocycles. The molecule has 2 unspecified atom stereocenters. The molecular formula is C12H21NO2S. The summed E-state index contributed by atoms with van der Waals surface area (Å²) in [5.74, 6) is 1.66. The summed E-state index contributed by atoms with van der Waals surface area (Å²) in [4.78, 5) is 0. The van der Waals surface area contributed by atoms with Crippen LogP contribution in [0, 0.1) is 0 Å². The van der Waals surface area contributed by atoms with Gasteiger partial charge in [-0.2, -0.15) is 11.8 Å². The predicted molar refractivity (Wildman–Crippen MR) is 68.7 cm³/mol. The Morgan fingerprint density at radius 3 is 2.88 bits per heavy atom. The lowest BCUT2D eigenvalue weighted by molar-refractivity contribution is 0.0802. The highest BCUT2D eigenvalue weighted by Gasteiger charge is 2.22. The van der Waals surface area contributed by atoms with Crippen LogP contribution in [0.15, 0.2) is 22.8 Å². The Kier molecular flexibility index (Phi) is 5.38. The number of aliphatic hydroxyl groups is 1. The summed E-state index contributed by atoms with van der Waals surface area (Å²) in [6.45, 7) is 4.53. The lowest BCUT2D eigenvalue weighted by Gasteiger charge is -2.25. The van der Waals surface area contributed by atoms with Crippen molar-refractivity contribution < 1.29 is 9.52 Å². The second-order valence-corrected chi connectivity index (χ2v) is 5.15. The molecule has 2 N–H and O–H groups in total. The molecule has 1 rings (SSSR count). The highest BCUT2D eigenvalue weighted by atomic mass is 32.2. The molecule has 16 heavy (non-hydrogen) atoms. The number of nitrogens with one attached hydrogen (secondary N) is 1. The number of thioether (sulfide) groups is 1. The molecule has 1 heterocycles. The molecule has 4 heteroatoms. The van der Waals surface area contributed by atoms with Gasteiger partial charge >= 0.3 is 0 Å². The van der Waals surface area contributed by atoms with E-state index in [9.17, 15) is 5.11 Å². The van der Waals surface area contributed by atoms with Crippen LogP contribution in [0.4, 0.5) is 0 Å². The topological polar surface area (TPSA) is 45.4 Å². The zero-order valence-corrected chi connectivity index (χ0v) is 11.0. The quantitative estimate of drug-likeness (QED) is 0.772. The van der Waals surface area contributed by atoms with E-state index in [0.29, 0.717) is 6.54 Å². The maximum absolute atomic E-state index is 10.0. The van der Waals surface area contributed by atoms with E-state index in [1.807, 2.05) is 25.3 Å². The van der Waals surface area contributed by atoms with Gasteiger partial charge in [0, 0.05) is 12.3 Å². The number of furan rings is 1. The van der Waals surface area contributed by atoms with Gasteiger partial charge in [-0.05, 0) is 31.7 Å². The molecule has 0 aliphatic carbocycles. The summed E-state index contributed by atoms with van der Waals surface area (Å²) < 4.78 is 5.36. The third kappa shape index (κ3) is 4.20. The van der Waals surface area contributed by atoms with E-state index < -0.39 is 5.60 Å². The normalized spacial score (nSPS) is 17.0. The lowest BCUT2D eigenvalue weighted by atomic mass is 10.1. The van der Waals surface area contributed by atoms with Gasteiger partial charge in [-0.25, -0.2) is 0 Å². The number of hydrogen-bond acceptors (Lipinski definition) is 4. The van der Waals surface area contributed by atoms with Gasteiger partial charge in [-0.3, -0.25) is 0 Å². The van der Waals surface area contributed by atoms with Crippen LogP contribution in [0.2, 0.25) is 0 Å². The minimum absolute atomic E-state index is 0.184. The van der Waals surface area contributed by atoms with Gasteiger partial charge in [0.2, 0.25) is 0 Å². The molecular weight excluding hydrogens is 222 g/mol. The van der Waals surface area contributed by atoms with Crippen LogP contribution >= 0.6 is 11.8 Å². The molecule has 0 radical (unpaired) electrons. The standard InChI is InChI=1S/C12H21NO2S/c1-4-10(11-6-5-7-15-11)13-8-12(2,14)9-16-3/h5-7,10,13-14H,4,8-9H2,1-3H3. The molecule has 2 atom stereocenters. The SMILES string of the molecule is CCC(NCC(C)(O)CSC)c1ccco1. The maximum atomic E-state index is 10.0. The minimum Gasteiger partial charge on any atom is -0.468 e. The van der Waals surface area contributed by atoms with Crippen molar-refractivity contribution in [3.05, 3.63) is 24.2 Å². The zero-order chi connectivity index (χ0) is 12.0. The Bertz CT molecular complexity index is 285. The fourth-order valence-corrected chi connectivity index (χ4v) is 2.36. The van der Waals surface area contributed by atoms with Crippen molar-refractivity contribution in [3.63, 3.8) is 0 Å². The smallest absolute Gasteiger partial charge is 0.120 e. The summed E-state index contributed by atoms with van der Waals surface area (Å²) >= 11 is 1.65. The molecule has 0 aromatic carbocycles. The zero-order valence-electron chi connectivity index (χ0n) is 10.2. The molecule has 3 nitrogen and oxygen atoms in total. The third-order valence-corrected chi connectivity index (χ3v) is 3.39. The van der Waals surface area contributed by atoms with E-state index in [0.717, 1.165) is 17.9 Å². The predicted octanol–water partition coefficient (Wildman–Crippen LogP) is 2.43. The molecule has 1 aromatic heterocycles. The first-order valence-electron chi connectivity index (χ1n) is 5.57.